The molecule has 0 saturated carbocycles. The van der Waals surface area contributed by atoms with E-state index in [1.54, 1.807) is 11.3 Å². The summed E-state index contributed by atoms with van der Waals surface area (Å²) in [6, 6.07) is 12.4. The molecule has 0 unspecified atom stereocenters. The van der Waals surface area contributed by atoms with Gasteiger partial charge >= 0.3 is 0 Å². The lowest BCUT2D eigenvalue weighted by atomic mass is 10.2. The van der Waals surface area contributed by atoms with E-state index in [4.69, 9.17) is 4.42 Å². The van der Waals surface area contributed by atoms with Crippen molar-refractivity contribution in [1.29, 1.82) is 0 Å². The molecule has 0 saturated heterocycles. The van der Waals surface area contributed by atoms with E-state index < -0.39 is 0 Å². The molecule has 86 valence electrons. The van der Waals surface area contributed by atoms with Crippen molar-refractivity contribution >= 4 is 22.3 Å². The van der Waals surface area contributed by atoms with Crippen LogP contribution in [0.25, 0.3) is 21.6 Å². The first-order chi connectivity index (χ1) is 8.36. The second-order valence-corrected chi connectivity index (χ2v) is 4.91. The molecule has 0 aliphatic rings. The number of furan rings is 1. The van der Waals surface area contributed by atoms with Gasteiger partial charge in [-0.3, -0.25) is 0 Å². The van der Waals surface area contributed by atoms with Crippen molar-refractivity contribution in [2.24, 2.45) is 0 Å². The largest absolute Gasteiger partial charge is 0.455 e. The number of fused-ring (bicyclic) bond motifs is 1. The van der Waals surface area contributed by atoms with Gasteiger partial charge in [-0.1, -0.05) is 18.2 Å². The van der Waals surface area contributed by atoms with Crippen LogP contribution in [0.1, 0.15) is 5.56 Å². The zero-order chi connectivity index (χ0) is 11.7. The SMILES string of the molecule is CNCc1csc(-c2cc3ccccc3o2)c1. The van der Waals surface area contributed by atoms with Crippen molar-refractivity contribution in [2.45, 2.75) is 6.54 Å². The maximum absolute atomic E-state index is 5.84. The summed E-state index contributed by atoms with van der Waals surface area (Å²) in [6.45, 7) is 0.900. The third-order valence-corrected chi connectivity index (χ3v) is 3.70. The average molecular weight is 243 g/mol. The molecule has 3 aromatic rings. The standard InChI is InChI=1S/C14H13NOS/c1-15-8-10-6-14(17-9-10)13-7-11-4-2-3-5-12(11)16-13/h2-7,9,15H,8H2,1H3. The lowest BCUT2D eigenvalue weighted by Gasteiger charge is -1.91. The van der Waals surface area contributed by atoms with Gasteiger partial charge in [-0.25, -0.2) is 0 Å². The predicted molar refractivity (Wildman–Crippen MR) is 72.3 cm³/mol. The van der Waals surface area contributed by atoms with Crippen molar-refractivity contribution in [3.8, 4) is 10.6 Å². The summed E-state index contributed by atoms with van der Waals surface area (Å²) in [6.07, 6.45) is 0. The molecule has 0 spiro atoms. The maximum Gasteiger partial charge on any atom is 0.145 e. The van der Waals surface area contributed by atoms with Gasteiger partial charge in [0, 0.05) is 11.9 Å². The molecular formula is C14H13NOS. The summed E-state index contributed by atoms with van der Waals surface area (Å²) >= 11 is 1.72. The topological polar surface area (TPSA) is 25.2 Å². The molecule has 2 heterocycles. The zero-order valence-electron chi connectivity index (χ0n) is 9.57. The van der Waals surface area contributed by atoms with E-state index in [-0.39, 0.29) is 0 Å². The van der Waals surface area contributed by atoms with Crippen LogP contribution in [0, 0.1) is 0 Å². The first-order valence-electron chi connectivity index (χ1n) is 5.58. The second-order valence-electron chi connectivity index (χ2n) is 4.00. The van der Waals surface area contributed by atoms with E-state index in [0.717, 1.165) is 23.3 Å². The Morgan fingerprint density at radius 1 is 1.24 bits per heavy atom. The predicted octanol–water partition coefficient (Wildman–Crippen LogP) is 3.88. The highest BCUT2D eigenvalue weighted by Crippen LogP contribution is 2.32. The second kappa shape index (κ2) is 4.35. The molecule has 3 rings (SSSR count). The Kier molecular flexibility index (Phi) is 2.71. The van der Waals surface area contributed by atoms with E-state index >= 15 is 0 Å². The van der Waals surface area contributed by atoms with Crippen LogP contribution < -0.4 is 5.32 Å². The molecule has 0 bridgehead atoms. The molecule has 0 radical (unpaired) electrons. The first-order valence-corrected chi connectivity index (χ1v) is 6.46. The van der Waals surface area contributed by atoms with Crippen LogP contribution in [0.3, 0.4) is 0 Å². The molecule has 3 heteroatoms. The van der Waals surface area contributed by atoms with E-state index in [0.29, 0.717) is 0 Å². The fraction of sp³-hybridized carbons (Fsp3) is 0.143. The highest BCUT2D eigenvalue weighted by Gasteiger charge is 2.08. The Morgan fingerprint density at radius 2 is 2.12 bits per heavy atom. The van der Waals surface area contributed by atoms with Crippen LogP contribution >= 0.6 is 11.3 Å². The summed E-state index contributed by atoms with van der Waals surface area (Å²) in [4.78, 5) is 1.19. The Hall–Kier alpha value is -1.58. The normalized spacial score (nSPS) is 11.1. The molecular weight excluding hydrogens is 230 g/mol. The maximum atomic E-state index is 5.84. The first kappa shape index (κ1) is 10.6. The fourth-order valence-corrected chi connectivity index (χ4v) is 2.77. The van der Waals surface area contributed by atoms with Gasteiger partial charge in [-0.15, -0.1) is 11.3 Å². The van der Waals surface area contributed by atoms with E-state index in [2.05, 4.69) is 28.9 Å². The highest BCUT2D eigenvalue weighted by molar-refractivity contribution is 7.13. The number of thiophene rings is 1. The van der Waals surface area contributed by atoms with Gasteiger partial charge in [0.1, 0.15) is 11.3 Å². The number of nitrogens with one attached hydrogen (secondary N) is 1. The van der Waals surface area contributed by atoms with Crippen LogP contribution in [-0.4, -0.2) is 7.05 Å². The molecule has 0 atom stereocenters. The molecule has 1 aromatic carbocycles. The van der Waals surface area contributed by atoms with Crippen LogP contribution in [0.15, 0.2) is 46.2 Å². The summed E-state index contributed by atoms with van der Waals surface area (Å²) in [5.74, 6) is 0.957. The van der Waals surface area contributed by atoms with Crippen molar-refractivity contribution < 1.29 is 4.42 Å². The van der Waals surface area contributed by atoms with Gasteiger partial charge in [-0.05, 0) is 36.2 Å². The number of rotatable bonds is 3. The van der Waals surface area contributed by atoms with Crippen LogP contribution in [0.4, 0.5) is 0 Å². The van der Waals surface area contributed by atoms with Crippen LogP contribution in [0.5, 0.6) is 0 Å². The van der Waals surface area contributed by atoms with Gasteiger partial charge in [0.15, 0.2) is 0 Å². The molecule has 2 nitrogen and oxygen atoms in total. The average Bonchev–Trinajstić information content (AvgIpc) is 2.94. The number of benzene rings is 1. The fourth-order valence-electron chi connectivity index (χ4n) is 1.90. The summed E-state index contributed by atoms with van der Waals surface area (Å²) in [5, 5.41) is 6.48. The zero-order valence-corrected chi connectivity index (χ0v) is 10.4. The van der Waals surface area contributed by atoms with Gasteiger partial charge in [0.2, 0.25) is 0 Å². The van der Waals surface area contributed by atoms with Crippen molar-refractivity contribution in [3.63, 3.8) is 0 Å². The number of hydrogen-bond donors (Lipinski definition) is 1. The lowest BCUT2D eigenvalue weighted by Crippen LogP contribution is -2.03. The van der Waals surface area contributed by atoms with Crippen LogP contribution in [0.2, 0.25) is 0 Å². The van der Waals surface area contributed by atoms with E-state index in [9.17, 15) is 0 Å². The van der Waals surface area contributed by atoms with Gasteiger partial charge in [-0.2, -0.15) is 0 Å². The monoisotopic (exact) mass is 243 g/mol. The van der Waals surface area contributed by atoms with Crippen molar-refractivity contribution in [2.75, 3.05) is 7.05 Å². The van der Waals surface area contributed by atoms with Crippen molar-refractivity contribution in [1.82, 2.24) is 5.32 Å². The van der Waals surface area contributed by atoms with Gasteiger partial charge < -0.3 is 9.73 Å². The minimum absolute atomic E-state index is 0.900. The Bertz CT molecular complexity index is 605. The molecule has 2 aromatic heterocycles. The molecule has 0 aliphatic heterocycles. The third kappa shape index (κ3) is 1.99. The third-order valence-electron chi connectivity index (χ3n) is 2.70. The minimum Gasteiger partial charge on any atom is -0.455 e. The Balaban J connectivity index is 2.01. The molecule has 0 aliphatic carbocycles. The molecule has 0 amide bonds. The molecule has 0 fully saturated rings. The Morgan fingerprint density at radius 3 is 2.94 bits per heavy atom. The summed E-state index contributed by atoms with van der Waals surface area (Å²) in [5.41, 5.74) is 2.25. The van der Waals surface area contributed by atoms with E-state index in [1.165, 1.54) is 10.4 Å². The summed E-state index contributed by atoms with van der Waals surface area (Å²) in [7, 11) is 1.96. The van der Waals surface area contributed by atoms with Gasteiger partial charge in [0.25, 0.3) is 0 Å². The lowest BCUT2D eigenvalue weighted by molar-refractivity contribution is 0.633. The molecule has 17 heavy (non-hydrogen) atoms. The van der Waals surface area contributed by atoms with Crippen LogP contribution in [-0.2, 0) is 6.54 Å². The number of hydrogen-bond acceptors (Lipinski definition) is 3. The smallest absolute Gasteiger partial charge is 0.145 e. The summed E-state index contributed by atoms with van der Waals surface area (Å²) < 4.78 is 5.84. The quantitative estimate of drug-likeness (QED) is 0.755. The number of para-hydroxylation sites is 1. The molecule has 1 N–H and O–H groups in total. The van der Waals surface area contributed by atoms with Gasteiger partial charge in [0.05, 0.1) is 4.88 Å². The Labute approximate surface area is 104 Å². The highest BCUT2D eigenvalue weighted by atomic mass is 32.1. The van der Waals surface area contributed by atoms with Crippen molar-refractivity contribution in [3.05, 3.63) is 47.3 Å². The minimum atomic E-state index is 0.900. The van der Waals surface area contributed by atoms with E-state index in [1.807, 2.05) is 25.2 Å².